The highest BCUT2D eigenvalue weighted by atomic mass is 16.7. The van der Waals surface area contributed by atoms with Crippen LogP contribution in [0.1, 0.15) is 20.3 Å². The molecule has 3 aliphatic rings. The normalized spacial score (nSPS) is 32.2. The Balaban J connectivity index is 2.11. The van der Waals surface area contributed by atoms with Gasteiger partial charge in [0.05, 0.1) is 20.4 Å². The van der Waals surface area contributed by atoms with Crippen LogP contribution >= 0.6 is 0 Å². The van der Waals surface area contributed by atoms with E-state index >= 15 is 0 Å². The van der Waals surface area contributed by atoms with E-state index in [4.69, 9.17) is 9.57 Å². The summed E-state index contributed by atoms with van der Waals surface area (Å²) >= 11 is 0. The zero-order chi connectivity index (χ0) is 15.5. The zero-order valence-electron chi connectivity index (χ0n) is 13.3. The van der Waals surface area contributed by atoms with Crippen molar-refractivity contribution in [2.45, 2.75) is 25.8 Å². The number of quaternary nitrogens is 1. The van der Waals surface area contributed by atoms with Gasteiger partial charge in [0.15, 0.2) is 0 Å². The van der Waals surface area contributed by atoms with Gasteiger partial charge < -0.3 is 4.74 Å². The minimum absolute atomic E-state index is 0.261. The molecule has 2 unspecified atom stereocenters. The summed E-state index contributed by atoms with van der Waals surface area (Å²) in [5, 5.41) is 0. The van der Waals surface area contributed by atoms with Crippen molar-refractivity contribution in [1.29, 1.82) is 0 Å². The molecule has 0 N–H and O–H groups in total. The van der Waals surface area contributed by atoms with Crippen LogP contribution in [0.25, 0.3) is 5.70 Å². The molecule has 2 atom stereocenters. The van der Waals surface area contributed by atoms with Crippen LogP contribution in [0.2, 0.25) is 0 Å². The molecule has 0 saturated heterocycles. The molecule has 1 aromatic heterocycles. The van der Waals surface area contributed by atoms with Gasteiger partial charge in [-0.05, 0) is 31.6 Å². The Kier molecular flexibility index (Phi) is 2.59. The number of nitrogens with zero attached hydrogens (tertiary/aromatic N) is 3. The second-order valence-corrected chi connectivity index (χ2v) is 6.03. The van der Waals surface area contributed by atoms with Gasteiger partial charge in [-0.3, -0.25) is 0 Å². The second-order valence-electron chi connectivity index (χ2n) is 6.03. The summed E-state index contributed by atoms with van der Waals surface area (Å²) in [6.45, 7) is 4.25. The molecule has 4 rings (SSSR count). The van der Waals surface area contributed by atoms with Crippen molar-refractivity contribution in [3.8, 4) is 0 Å². The van der Waals surface area contributed by atoms with E-state index in [1.54, 1.807) is 14.2 Å². The van der Waals surface area contributed by atoms with Crippen molar-refractivity contribution in [2.24, 2.45) is 0 Å². The van der Waals surface area contributed by atoms with Gasteiger partial charge in [-0.25, -0.2) is 4.57 Å². The number of imidazole rings is 1. The van der Waals surface area contributed by atoms with Crippen molar-refractivity contribution in [2.75, 3.05) is 14.2 Å². The van der Waals surface area contributed by atoms with Crippen LogP contribution in [0.4, 0.5) is 5.95 Å². The van der Waals surface area contributed by atoms with Gasteiger partial charge in [-0.15, -0.1) is 0 Å². The van der Waals surface area contributed by atoms with E-state index in [2.05, 4.69) is 41.8 Å². The van der Waals surface area contributed by atoms with Gasteiger partial charge in [0.2, 0.25) is 5.54 Å². The maximum Gasteiger partial charge on any atom is 0.353 e. The Morgan fingerprint density at radius 3 is 2.82 bits per heavy atom. The minimum Gasteiger partial charge on any atom is -0.496 e. The highest BCUT2D eigenvalue weighted by molar-refractivity contribution is 5.80. The van der Waals surface area contributed by atoms with Gasteiger partial charge in [0.25, 0.3) is 0 Å². The van der Waals surface area contributed by atoms with Crippen molar-refractivity contribution in [3.63, 3.8) is 0 Å². The topological polar surface area (TPSA) is 36.3 Å². The van der Waals surface area contributed by atoms with Crippen LogP contribution in [0.5, 0.6) is 0 Å². The van der Waals surface area contributed by atoms with Crippen LogP contribution < -0.4 is 4.65 Å². The molecule has 22 heavy (non-hydrogen) atoms. The number of hydrogen-bond donors (Lipinski definition) is 0. The average molecular weight is 298 g/mol. The Bertz CT molecular complexity index is 784. The predicted molar refractivity (Wildman–Crippen MR) is 85.3 cm³/mol. The smallest absolute Gasteiger partial charge is 0.353 e. The number of methoxy groups -OCH3 is 1. The van der Waals surface area contributed by atoms with Crippen LogP contribution in [-0.2, 0) is 9.57 Å². The average Bonchev–Trinajstić information content (AvgIpc) is 3.05. The van der Waals surface area contributed by atoms with Crippen molar-refractivity contribution >= 4 is 11.6 Å². The summed E-state index contributed by atoms with van der Waals surface area (Å²) in [6.07, 6.45) is 13.1. The monoisotopic (exact) mass is 298 g/mol. The highest BCUT2D eigenvalue weighted by Gasteiger charge is 2.66. The van der Waals surface area contributed by atoms with E-state index in [-0.39, 0.29) is 10.2 Å². The molecule has 1 aromatic rings. The molecule has 0 bridgehead atoms. The first-order valence-corrected chi connectivity index (χ1v) is 7.42. The fourth-order valence-corrected chi connectivity index (χ4v) is 4.35. The molecule has 5 heteroatoms. The molecule has 114 valence electrons. The van der Waals surface area contributed by atoms with E-state index < -0.39 is 0 Å². The van der Waals surface area contributed by atoms with E-state index in [1.165, 1.54) is 11.3 Å². The van der Waals surface area contributed by atoms with Gasteiger partial charge in [0.1, 0.15) is 17.7 Å². The Morgan fingerprint density at radius 2 is 2.09 bits per heavy atom. The first-order valence-electron chi connectivity index (χ1n) is 7.42. The molecule has 1 spiro atoms. The second kappa shape index (κ2) is 4.21. The lowest BCUT2D eigenvalue weighted by molar-refractivity contribution is -0.118. The molecule has 0 amide bonds. The molecule has 0 radical (unpaired) electrons. The van der Waals surface area contributed by atoms with Crippen molar-refractivity contribution < 1.29 is 9.57 Å². The van der Waals surface area contributed by atoms with Crippen LogP contribution in [0.15, 0.2) is 53.7 Å². The number of hydrogen-bond acceptors (Lipinski definition) is 3. The number of allylic oxidation sites excluding steroid dienone is 3. The molecule has 0 aromatic carbocycles. The SMILES string of the molecule is COC1=C(C)CC23C=CC=C[N+]2(OC)c2nccn2C3=C1C. The Hall–Kier alpha value is -2.11. The standard InChI is InChI=1S/C17H20N3O2/c1-12-11-17-7-5-6-10-20(17,22-4)16-18-8-9-19(16)15(17)13(2)14(12)21-3/h5-10H,11H2,1-4H3/q+1. The molecule has 0 fully saturated rings. The summed E-state index contributed by atoms with van der Waals surface area (Å²) in [7, 11) is 3.48. The largest absolute Gasteiger partial charge is 0.496 e. The number of rotatable bonds is 2. The maximum atomic E-state index is 6.03. The van der Waals surface area contributed by atoms with E-state index in [0.29, 0.717) is 0 Å². The lowest BCUT2D eigenvalue weighted by Gasteiger charge is -2.42. The quantitative estimate of drug-likeness (QED) is 0.787. The van der Waals surface area contributed by atoms with E-state index in [9.17, 15) is 0 Å². The fourth-order valence-electron chi connectivity index (χ4n) is 4.35. The lowest BCUT2D eigenvalue weighted by atomic mass is 9.78. The highest BCUT2D eigenvalue weighted by Crippen LogP contribution is 2.56. The van der Waals surface area contributed by atoms with Gasteiger partial charge in [0, 0.05) is 18.2 Å². The first-order chi connectivity index (χ1) is 10.6. The lowest BCUT2D eigenvalue weighted by Crippen LogP contribution is -2.60. The third-order valence-electron chi connectivity index (χ3n) is 5.05. The summed E-state index contributed by atoms with van der Waals surface area (Å²) in [4.78, 5) is 10.6. The van der Waals surface area contributed by atoms with Crippen LogP contribution in [-0.4, -0.2) is 29.3 Å². The number of hydroxylamine groups is 2. The molecule has 1 aliphatic carbocycles. The van der Waals surface area contributed by atoms with Gasteiger partial charge in [-0.2, -0.15) is 9.82 Å². The molecule has 5 nitrogen and oxygen atoms in total. The first kappa shape index (κ1) is 13.5. The van der Waals surface area contributed by atoms with E-state index in [0.717, 1.165) is 23.7 Å². The van der Waals surface area contributed by atoms with Gasteiger partial charge in [-0.1, -0.05) is 10.7 Å². The molecule has 3 heterocycles. The molecular formula is C17H20N3O2+. The number of ether oxygens (including phenoxy) is 1. The zero-order valence-corrected chi connectivity index (χ0v) is 13.3. The maximum absolute atomic E-state index is 6.03. The van der Waals surface area contributed by atoms with Crippen LogP contribution in [0, 0.1) is 0 Å². The fraction of sp³-hybridized carbons (Fsp3) is 0.353. The van der Waals surface area contributed by atoms with Crippen LogP contribution in [0.3, 0.4) is 0 Å². The summed E-state index contributed by atoms with van der Waals surface area (Å²) in [5.74, 6) is 1.85. The van der Waals surface area contributed by atoms with Crippen molar-refractivity contribution in [1.82, 2.24) is 14.2 Å². The Labute approximate surface area is 130 Å². The molecule has 2 aliphatic heterocycles. The predicted octanol–water partition coefficient (Wildman–Crippen LogP) is 3.14. The third-order valence-corrected chi connectivity index (χ3v) is 5.05. The summed E-state index contributed by atoms with van der Waals surface area (Å²) < 4.78 is 8.06. The summed E-state index contributed by atoms with van der Waals surface area (Å²) in [5.41, 5.74) is 3.24. The molecule has 0 saturated carbocycles. The summed E-state index contributed by atoms with van der Waals surface area (Å²) in [6, 6.07) is 0. The molecular weight excluding hydrogens is 278 g/mol. The minimum atomic E-state index is -0.316. The number of fused-ring (bicyclic) bond motifs is 3. The number of aromatic nitrogens is 2. The Morgan fingerprint density at radius 1 is 1.27 bits per heavy atom. The van der Waals surface area contributed by atoms with E-state index in [1.807, 2.05) is 18.5 Å². The van der Waals surface area contributed by atoms with Gasteiger partial charge >= 0.3 is 5.95 Å². The van der Waals surface area contributed by atoms with Crippen molar-refractivity contribution in [3.05, 3.63) is 53.7 Å². The third kappa shape index (κ3) is 1.25.